The molecular weight excluding hydrogens is 290 g/mol. The number of hydrogen-bond donors (Lipinski definition) is 2. The van der Waals surface area contributed by atoms with Crippen LogP contribution in [-0.4, -0.2) is 17.6 Å². The number of rotatable bonds is 6. The summed E-state index contributed by atoms with van der Waals surface area (Å²) in [6.45, 7) is 6.62. The number of pyridine rings is 1. The lowest BCUT2D eigenvalue weighted by Gasteiger charge is -2.16. The van der Waals surface area contributed by atoms with Crippen LogP contribution >= 0.6 is 0 Å². The second kappa shape index (κ2) is 8.17. The number of aromatic nitrogens is 1. The quantitative estimate of drug-likeness (QED) is 0.845. The molecule has 2 aromatic rings. The van der Waals surface area contributed by atoms with Gasteiger partial charge in [-0.15, -0.1) is 0 Å². The highest BCUT2D eigenvalue weighted by molar-refractivity contribution is 5.90. The van der Waals surface area contributed by atoms with Crippen molar-refractivity contribution in [3.63, 3.8) is 0 Å². The molecule has 5 heteroatoms. The summed E-state index contributed by atoms with van der Waals surface area (Å²) in [5.74, 6) is 0.819. The maximum Gasteiger partial charge on any atom is 0.319 e. The first-order chi connectivity index (χ1) is 11.1. The summed E-state index contributed by atoms with van der Waals surface area (Å²) in [5.41, 5.74) is 2.69. The second-order valence-corrected chi connectivity index (χ2v) is 5.43. The van der Waals surface area contributed by atoms with E-state index in [9.17, 15) is 4.79 Å². The zero-order valence-electron chi connectivity index (χ0n) is 13.8. The Morgan fingerprint density at radius 2 is 2.17 bits per heavy atom. The van der Waals surface area contributed by atoms with E-state index in [0.717, 1.165) is 29.0 Å². The van der Waals surface area contributed by atoms with Crippen molar-refractivity contribution in [1.82, 2.24) is 10.3 Å². The maximum absolute atomic E-state index is 12.1. The van der Waals surface area contributed by atoms with Crippen LogP contribution in [0.5, 0.6) is 5.75 Å². The number of hydrogen-bond acceptors (Lipinski definition) is 3. The molecule has 0 aliphatic heterocycles. The molecule has 0 bridgehead atoms. The van der Waals surface area contributed by atoms with Crippen LogP contribution in [0.1, 0.15) is 37.4 Å². The Labute approximate surface area is 137 Å². The summed E-state index contributed by atoms with van der Waals surface area (Å²) in [4.78, 5) is 16.2. The fourth-order valence-electron chi connectivity index (χ4n) is 2.16. The lowest BCUT2D eigenvalue weighted by molar-refractivity contribution is 0.249. The van der Waals surface area contributed by atoms with Crippen LogP contribution in [0.2, 0.25) is 0 Å². The predicted octanol–water partition coefficient (Wildman–Crippen LogP) is 4.06. The number of urea groups is 1. The SMILES string of the molecule is CCCOc1ccc(NC(=O)N[C@H](C)c2cccnc2)c(C)c1. The maximum atomic E-state index is 12.1. The highest BCUT2D eigenvalue weighted by atomic mass is 16.5. The van der Waals surface area contributed by atoms with E-state index in [2.05, 4.69) is 22.5 Å². The van der Waals surface area contributed by atoms with Crippen molar-refractivity contribution in [2.24, 2.45) is 0 Å². The third kappa shape index (κ3) is 4.98. The minimum Gasteiger partial charge on any atom is -0.494 e. The van der Waals surface area contributed by atoms with E-state index < -0.39 is 0 Å². The van der Waals surface area contributed by atoms with Crippen molar-refractivity contribution >= 4 is 11.7 Å². The fourth-order valence-corrected chi connectivity index (χ4v) is 2.16. The van der Waals surface area contributed by atoms with E-state index in [4.69, 9.17) is 4.74 Å². The molecule has 0 unspecified atom stereocenters. The molecule has 2 N–H and O–H groups in total. The number of carbonyl (C=O) groups excluding carboxylic acids is 1. The van der Waals surface area contributed by atoms with Crippen LogP contribution in [0.3, 0.4) is 0 Å². The highest BCUT2D eigenvalue weighted by Gasteiger charge is 2.10. The first kappa shape index (κ1) is 16.8. The number of ether oxygens (including phenoxy) is 1. The summed E-state index contributed by atoms with van der Waals surface area (Å²) in [6.07, 6.45) is 4.42. The van der Waals surface area contributed by atoms with Crippen LogP contribution in [-0.2, 0) is 0 Å². The Bertz CT molecular complexity index is 644. The third-order valence-electron chi connectivity index (χ3n) is 3.45. The molecule has 0 saturated carbocycles. The number of carbonyl (C=O) groups is 1. The van der Waals surface area contributed by atoms with Gasteiger partial charge in [-0.2, -0.15) is 0 Å². The molecule has 5 nitrogen and oxygen atoms in total. The molecule has 0 spiro atoms. The van der Waals surface area contributed by atoms with Crippen LogP contribution < -0.4 is 15.4 Å². The molecule has 0 saturated heterocycles. The first-order valence-electron chi connectivity index (χ1n) is 7.81. The Hall–Kier alpha value is -2.56. The van der Waals surface area contributed by atoms with Crippen LogP contribution in [0.4, 0.5) is 10.5 Å². The van der Waals surface area contributed by atoms with Gasteiger partial charge in [0.2, 0.25) is 0 Å². The average molecular weight is 313 g/mol. The summed E-state index contributed by atoms with van der Waals surface area (Å²) in [7, 11) is 0. The molecule has 0 fully saturated rings. The smallest absolute Gasteiger partial charge is 0.319 e. The molecule has 2 amide bonds. The normalized spacial score (nSPS) is 11.6. The number of nitrogens with zero attached hydrogens (tertiary/aromatic N) is 1. The van der Waals surface area contributed by atoms with Gasteiger partial charge in [0, 0.05) is 18.1 Å². The largest absolute Gasteiger partial charge is 0.494 e. The van der Waals surface area contributed by atoms with Gasteiger partial charge >= 0.3 is 6.03 Å². The van der Waals surface area contributed by atoms with Crippen molar-refractivity contribution < 1.29 is 9.53 Å². The molecule has 0 aliphatic carbocycles. The van der Waals surface area contributed by atoms with E-state index in [1.165, 1.54) is 0 Å². The van der Waals surface area contributed by atoms with Crippen LogP contribution in [0.15, 0.2) is 42.7 Å². The first-order valence-corrected chi connectivity index (χ1v) is 7.81. The topological polar surface area (TPSA) is 63.2 Å². The number of benzene rings is 1. The number of anilines is 1. The molecule has 23 heavy (non-hydrogen) atoms. The van der Waals surface area contributed by atoms with Gasteiger partial charge in [0.05, 0.1) is 12.6 Å². The number of aryl methyl sites for hydroxylation is 1. The standard InChI is InChI=1S/C18H23N3O2/c1-4-10-23-16-7-8-17(13(2)11-16)21-18(22)20-14(3)15-6-5-9-19-12-15/h5-9,11-12,14H,4,10H2,1-3H3,(H2,20,21,22)/t14-/m1/s1. The lowest BCUT2D eigenvalue weighted by Crippen LogP contribution is -2.31. The summed E-state index contributed by atoms with van der Waals surface area (Å²) >= 11 is 0. The molecule has 122 valence electrons. The monoisotopic (exact) mass is 313 g/mol. The molecular formula is C18H23N3O2. The zero-order valence-corrected chi connectivity index (χ0v) is 13.8. The number of amides is 2. The predicted molar refractivity (Wildman–Crippen MR) is 91.8 cm³/mol. The van der Waals surface area contributed by atoms with E-state index in [1.807, 2.05) is 44.2 Å². The zero-order chi connectivity index (χ0) is 16.7. The molecule has 1 aromatic carbocycles. The molecule has 0 aliphatic rings. The van der Waals surface area contributed by atoms with Crippen molar-refractivity contribution in [3.05, 3.63) is 53.9 Å². The van der Waals surface area contributed by atoms with Gasteiger partial charge in [0.25, 0.3) is 0 Å². The molecule has 0 radical (unpaired) electrons. The molecule has 1 aromatic heterocycles. The minimum atomic E-state index is -0.244. The molecule has 2 rings (SSSR count). The Morgan fingerprint density at radius 1 is 1.35 bits per heavy atom. The second-order valence-electron chi connectivity index (χ2n) is 5.43. The van der Waals surface area contributed by atoms with Crippen molar-refractivity contribution in [1.29, 1.82) is 0 Å². The van der Waals surface area contributed by atoms with Crippen LogP contribution in [0.25, 0.3) is 0 Å². The fraction of sp³-hybridized carbons (Fsp3) is 0.333. The average Bonchev–Trinajstić information content (AvgIpc) is 2.56. The third-order valence-corrected chi connectivity index (χ3v) is 3.45. The summed E-state index contributed by atoms with van der Waals surface area (Å²) < 4.78 is 5.58. The van der Waals surface area contributed by atoms with Gasteiger partial charge in [-0.1, -0.05) is 13.0 Å². The van der Waals surface area contributed by atoms with Crippen molar-refractivity contribution in [2.75, 3.05) is 11.9 Å². The van der Waals surface area contributed by atoms with E-state index in [1.54, 1.807) is 12.4 Å². The van der Waals surface area contributed by atoms with E-state index in [0.29, 0.717) is 6.61 Å². The molecule has 1 heterocycles. The van der Waals surface area contributed by atoms with E-state index >= 15 is 0 Å². The lowest BCUT2D eigenvalue weighted by atomic mass is 10.1. The Balaban J connectivity index is 1.95. The van der Waals surface area contributed by atoms with Gasteiger partial charge in [-0.05, 0) is 55.7 Å². The Kier molecular flexibility index (Phi) is 5.97. The van der Waals surface area contributed by atoms with Gasteiger partial charge < -0.3 is 15.4 Å². The highest BCUT2D eigenvalue weighted by Crippen LogP contribution is 2.21. The summed E-state index contributed by atoms with van der Waals surface area (Å²) in [6, 6.07) is 9.07. The van der Waals surface area contributed by atoms with E-state index in [-0.39, 0.29) is 12.1 Å². The van der Waals surface area contributed by atoms with Crippen LogP contribution in [0, 0.1) is 6.92 Å². The summed E-state index contributed by atoms with van der Waals surface area (Å²) in [5, 5.41) is 5.77. The van der Waals surface area contributed by atoms with Crippen molar-refractivity contribution in [2.45, 2.75) is 33.2 Å². The molecule has 1 atom stereocenters. The van der Waals surface area contributed by atoms with Gasteiger partial charge in [0.15, 0.2) is 0 Å². The van der Waals surface area contributed by atoms with Crippen molar-refractivity contribution in [3.8, 4) is 5.75 Å². The van der Waals surface area contributed by atoms with Gasteiger partial charge in [-0.25, -0.2) is 4.79 Å². The van der Waals surface area contributed by atoms with Gasteiger partial charge in [0.1, 0.15) is 5.75 Å². The Morgan fingerprint density at radius 3 is 2.83 bits per heavy atom. The number of nitrogens with one attached hydrogen (secondary N) is 2. The van der Waals surface area contributed by atoms with Gasteiger partial charge in [-0.3, -0.25) is 4.98 Å². The minimum absolute atomic E-state index is 0.115.